The average molecular weight is 343 g/mol. The van der Waals surface area contributed by atoms with Gasteiger partial charge < -0.3 is 9.47 Å². The molecule has 0 N–H and O–H groups in total. The summed E-state index contributed by atoms with van der Waals surface area (Å²) >= 11 is 1.65. The summed E-state index contributed by atoms with van der Waals surface area (Å²) in [6.45, 7) is 7.08. The van der Waals surface area contributed by atoms with E-state index in [0.717, 1.165) is 43.2 Å². The van der Waals surface area contributed by atoms with E-state index in [9.17, 15) is 4.79 Å². The maximum Gasteiger partial charge on any atom is 0.246 e. The number of hydrogen-bond acceptors (Lipinski definition) is 3. The van der Waals surface area contributed by atoms with Crippen LogP contribution >= 0.6 is 11.3 Å². The molecule has 2 aromatic rings. The van der Waals surface area contributed by atoms with Gasteiger partial charge in [0.25, 0.3) is 0 Å². The molecule has 0 bridgehead atoms. The van der Waals surface area contributed by atoms with Crippen molar-refractivity contribution in [3.63, 3.8) is 0 Å². The first-order valence-electron chi connectivity index (χ1n) is 8.65. The number of rotatable bonds is 5. The van der Waals surface area contributed by atoms with Crippen molar-refractivity contribution in [2.75, 3.05) is 13.1 Å². The van der Waals surface area contributed by atoms with E-state index in [4.69, 9.17) is 0 Å². The normalized spacial score (nSPS) is 16.4. The molecule has 1 saturated heterocycles. The topological polar surface area (TPSA) is 38.1 Å². The van der Waals surface area contributed by atoms with Gasteiger partial charge in [0.1, 0.15) is 5.82 Å². The van der Waals surface area contributed by atoms with Gasteiger partial charge in [-0.25, -0.2) is 4.98 Å². The minimum Gasteiger partial charge on any atom is -0.339 e. The number of piperidine rings is 1. The zero-order valence-electron chi connectivity index (χ0n) is 14.4. The van der Waals surface area contributed by atoms with Crippen LogP contribution in [0.1, 0.15) is 43.3 Å². The Morgan fingerprint density at radius 2 is 2.21 bits per heavy atom. The van der Waals surface area contributed by atoms with Gasteiger partial charge in [-0.2, -0.15) is 0 Å². The highest BCUT2D eigenvalue weighted by molar-refractivity contribution is 7.10. The van der Waals surface area contributed by atoms with Crippen molar-refractivity contribution in [3.05, 3.63) is 46.7 Å². The van der Waals surface area contributed by atoms with Crippen LogP contribution in [0.2, 0.25) is 0 Å². The highest BCUT2D eigenvalue weighted by Gasteiger charge is 2.22. The molecule has 1 fully saturated rings. The van der Waals surface area contributed by atoms with Crippen LogP contribution in [0.3, 0.4) is 0 Å². The number of hydrogen-bond donors (Lipinski definition) is 0. The Bertz CT molecular complexity index is 679. The molecule has 1 aliphatic heterocycles. The summed E-state index contributed by atoms with van der Waals surface area (Å²) in [7, 11) is 0. The molecule has 0 spiro atoms. The lowest BCUT2D eigenvalue weighted by atomic mass is 9.96. The predicted octanol–water partition coefficient (Wildman–Crippen LogP) is 4.02. The smallest absolute Gasteiger partial charge is 0.246 e. The van der Waals surface area contributed by atoms with E-state index in [2.05, 4.69) is 29.6 Å². The minimum atomic E-state index is 0.132. The van der Waals surface area contributed by atoms with E-state index in [1.165, 1.54) is 0 Å². The number of imidazole rings is 1. The van der Waals surface area contributed by atoms with Gasteiger partial charge in [-0.05, 0) is 36.3 Å². The molecule has 0 saturated carbocycles. The molecule has 24 heavy (non-hydrogen) atoms. The molecular formula is C19H25N3OS. The number of amides is 1. The van der Waals surface area contributed by atoms with Crippen molar-refractivity contribution >= 4 is 23.3 Å². The van der Waals surface area contributed by atoms with E-state index in [1.807, 2.05) is 34.7 Å². The summed E-state index contributed by atoms with van der Waals surface area (Å²) in [5.74, 6) is 2.37. The number of likely N-dealkylation sites (tertiary alicyclic amines) is 1. The van der Waals surface area contributed by atoms with Gasteiger partial charge in [0.15, 0.2) is 0 Å². The Balaban J connectivity index is 1.50. The van der Waals surface area contributed by atoms with Gasteiger partial charge in [0.05, 0.1) is 0 Å². The molecule has 0 aromatic carbocycles. The number of aromatic nitrogens is 2. The summed E-state index contributed by atoms with van der Waals surface area (Å²) in [5.41, 5.74) is 0. The molecule has 0 unspecified atom stereocenters. The third-order valence-corrected chi connectivity index (χ3v) is 5.42. The van der Waals surface area contributed by atoms with Crippen molar-refractivity contribution in [3.8, 4) is 0 Å². The van der Waals surface area contributed by atoms with Crippen LogP contribution < -0.4 is 0 Å². The summed E-state index contributed by atoms with van der Waals surface area (Å²) in [6.07, 6.45) is 9.72. The van der Waals surface area contributed by atoms with E-state index in [-0.39, 0.29) is 5.91 Å². The molecule has 5 heteroatoms. The lowest BCUT2D eigenvalue weighted by molar-refractivity contribution is -0.127. The van der Waals surface area contributed by atoms with Crippen LogP contribution in [-0.4, -0.2) is 33.4 Å². The molecule has 3 heterocycles. The van der Waals surface area contributed by atoms with Crippen LogP contribution in [0.15, 0.2) is 36.0 Å². The van der Waals surface area contributed by atoms with Gasteiger partial charge >= 0.3 is 0 Å². The molecule has 0 radical (unpaired) electrons. The minimum absolute atomic E-state index is 0.132. The van der Waals surface area contributed by atoms with Crippen LogP contribution in [0, 0.1) is 5.92 Å². The molecule has 4 nitrogen and oxygen atoms in total. The molecule has 3 rings (SSSR count). The Kier molecular flexibility index (Phi) is 5.51. The van der Waals surface area contributed by atoms with E-state index in [1.54, 1.807) is 17.4 Å². The second-order valence-electron chi connectivity index (χ2n) is 6.71. The fourth-order valence-electron chi connectivity index (χ4n) is 3.23. The van der Waals surface area contributed by atoms with Gasteiger partial charge in [-0.1, -0.05) is 19.9 Å². The highest BCUT2D eigenvalue weighted by atomic mass is 32.1. The monoisotopic (exact) mass is 343 g/mol. The van der Waals surface area contributed by atoms with E-state index in [0.29, 0.717) is 11.8 Å². The molecule has 1 amide bonds. The second-order valence-corrected chi connectivity index (χ2v) is 7.69. The summed E-state index contributed by atoms with van der Waals surface area (Å²) in [5, 5.41) is 2.02. The average Bonchev–Trinajstić information content (AvgIpc) is 3.25. The second kappa shape index (κ2) is 7.79. The molecule has 2 aromatic heterocycles. The molecule has 0 atom stereocenters. The number of carbonyl (C=O) groups is 1. The largest absolute Gasteiger partial charge is 0.339 e. The Morgan fingerprint density at radius 3 is 2.88 bits per heavy atom. The maximum atomic E-state index is 12.3. The lowest BCUT2D eigenvalue weighted by Gasteiger charge is -2.32. The van der Waals surface area contributed by atoms with Gasteiger partial charge in [0, 0.05) is 48.9 Å². The molecule has 128 valence electrons. The molecule has 1 aliphatic rings. The summed E-state index contributed by atoms with van der Waals surface area (Å²) in [6, 6.07) is 4.03. The van der Waals surface area contributed by atoms with Gasteiger partial charge in [-0.15, -0.1) is 11.3 Å². The summed E-state index contributed by atoms with van der Waals surface area (Å²) < 4.78 is 2.28. The number of nitrogens with zero attached hydrogens (tertiary/aromatic N) is 3. The summed E-state index contributed by atoms with van der Waals surface area (Å²) in [4.78, 5) is 19.8. The van der Waals surface area contributed by atoms with E-state index >= 15 is 0 Å². The first-order valence-corrected chi connectivity index (χ1v) is 9.53. The first-order chi connectivity index (χ1) is 11.6. The third kappa shape index (κ3) is 4.15. The van der Waals surface area contributed by atoms with Crippen molar-refractivity contribution < 1.29 is 4.79 Å². The van der Waals surface area contributed by atoms with Gasteiger partial charge in [-0.3, -0.25) is 4.79 Å². The first kappa shape index (κ1) is 17.0. The zero-order chi connectivity index (χ0) is 16.9. The van der Waals surface area contributed by atoms with E-state index < -0.39 is 0 Å². The fourth-order valence-corrected chi connectivity index (χ4v) is 3.85. The number of carbonyl (C=O) groups excluding carboxylic acids is 1. The van der Waals surface area contributed by atoms with Crippen LogP contribution in [0.5, 0.6) is 0 Å². The predicted molar refractivity (Wildman–Crippen MR) is 99.0 cm³/mol. The Hall–Kier alpha value is -1.88. The number of thiophene rings is 1. The van der Waals surface area contributed by atoms with Crippen LogP contribution in [0.25, 0.3) is 6.08 Å². The van der Waals surface area contributed by atoms with Crippen LogP contribution in [-0.2, 0) is 11.3 Å². The molecular weight excluding hydrogens is 318 g/mol. The van der Waals surface area contributed by atoms with Crippen LogP contribution in [0.4, 0.5) is 0 Å². The van der Waals surface area contributed by atoms with Crippen molar-refractivity contribution in [2.45, 2.75) is 39.2 Å². The Labute approximate surface area is 147 Å². The third-order valence-electron chi connectivity index (χ3n) is 4.58. The standard InChI is InChI=1S/C19H25N3OS/c1-15(2)19-20-9-12-22(19)14-16-7-10-21(11-8-16)18(23)6-5-17-4-3-13-24-17/h3-6,9,12-13,15-16H,7-8,10-11,14H2,1-2H3/b6-5+. The fraction of sp³-hybridized carbons (Fsp3) is 0.474. The quantitative estimate of drug-likeness (QED) is 0.769. The van der Waals surface area contributed by atoms with Crippen molar-refractivity contribution in [2.24, 2.45) is 5.92 Å². The van der Waals surface area contributed by atoms with Gasteiger partial charge in [0.2, 0.25) is 5.91 Å². The zero-order valence-corrected chi connectivity index (χ0v) is 15.2. The Morgan fingerprint density at radius 1 is 1.42 bits per heavy atom. The highest BCUT2D eigenvalue weighted by Crippen LogP contribution is 2.22. The SMILES string of the molecule is CC(C)c1nccn1CC1CCN(C(=O)/C=C/c2cccs2)CC1. The maximum absolute atomic E-state index is 12.3. The van der Waals surface area contributed by atoms with Crippen molar-refractivity contribution in [1.82, 2.24) is 14.5 Å². The lowest BCUT2D eigenvalue weighted by Crippen LogP contribution is -2.38. The van der Waals surface area contributed by atoms with Crippen molar-refractivity contribution in [1.29, 1.82) is 0 Å². The molecule has 0 aliphatic carbocycles.